The quantitative estimate of drug-likeness (QED) is 0.892. The van der Waals surface area contributed by atoms with E-state index in [9.17, 15) is 0 Å². The second-order valence-corrected chi connectivity index (χ2v) is 3.85. The molecule has 1 aromatic carbocycles. The van der Waals surface area contributed by atoms with Crippen molar-refractivity contribution in [2.45, 2.75) is 6.92 Å². The van der Waals surface area contributed by atoms with Gasteiger partial charge in [0.15, 0.2) is 0 Å². The molecule has 0 bridgehead atoms. The van der Waals surface area contributed by atoms with Crippen LogP contribution in [0.1, 0.15) is 6.92 Å². The highest BCUT2D eigenvalue weighted by Crippen LogP contribution is 2.26. The number of benzene rings is 1. The molecule has 0 aliphatic rings. The van der Waals surface area contributed by atoms with Crippen molar-refractivity contribution in [2.24, 2.45) is 0 Å². The lowest BCUT2D eigenvalue weighted by Crippen LogP contribution is -1.98. The summed E-state index contributed by atoms with van der Waals surface area (Å²) in [6, 6.07) is 11.4. The Balaban J connectivity index is 2.20. The Morgan fingerprint density at radius 3 is 2.76 bits per heavy atom. The largest absolute Gasteiger partial charge is 0.492 e. The molecule has 3 nitrogen and oxygen atoms in total. The van der Waals surface area contributed by atoms with E-state index >= 15 is 0 Å². The van der Waals surface area contributed by atoms with Crippen molar-refractivity contribution in [3.05, 3.63) is 47.6 Å². The number of aromatic nitrogens is 1. The highest BCUT2D eigenvalue weighted by atomic mass is 35.5. The minimum atomic E-state index is 0.619. The van der Waals surface area contributed by atoms with Crippen molar-refractivity contribution in [1.82, 2.24) is 4.98 Å². The number of nitrogens with zero attached hydrogens (tertiary/aromatic N) is 1. The van der Waals surface area contributed by atoms with Crippen LogP contribution in [0.5, 0.6) is 5.75 Å². The van der Waals surface area contributed by atoms with E-state index in [1.165, 1.54) is 0 Å². The van der Waals surface area contributed by atoms with Gasteiger partial charge in [0.2, 0.25) is 0 Å². The molecular weight excluding hydrogens is 236 g/mol. The molecule has 0 fully saturated rings. The minimum Gasteiger partial charge on any atom is -0.492 e. The van der Waals surface area contributed by atoms with E-state index in [2.05, 4.69) is 10.3 Å². The molecule has 0 saturated carbocycles. The second-order valence-electron chi connectivity index (χ2n) is 3.42. The van der Waals surface area contributed by atoms with Crippen LogP contribution in [0.4, 0.5) is 11.5 Å². The first-order valence-electron chi connectivity index (χ1n) is 5.40. The third-order valence-electron chi connectivity index (χ3n) is 2.18. The fourth-order valence-electron chi connectivity index (χ4n) is 1.44. The van der Waals surface area contributed by atoms with E-state index in [1.54, 1.807) is 12.3 Å². The lowest BCUT2D eigenvalue weighted by Gasteiger charge is -2.11. The summed E-state index contributed by atoms with van der Waals surface area (Å²) in [7, 11) is 0. The number of halogens is 1. The molecule has 0 aliphatic heterocycles. The van der Waals surface area contributed by atoms with Gasteiger partial charge in [0.05, 0.1) is 17.3 Å². The maximum absolute atomic E-state index is 5.78. The van der Waals surface area contributed by atoms with Gasteiger partial charge in [-0.15, -0.1) is 0 Å². The van der Waals surface area contributed by atoms with Gasteiger partial charge in [-0.05, 0) is 31.2 Å². The number of para-hydroxylation sites is 2. The number of nitrogens with one attached hydrogen (secondary N) is 1. The van der Waals surface area contributed by atoms with E-state index in [-0.39, 0.29) is 0 Å². The second kappa shape index (κ2) is 5.55. The van der Waals surface area contributed by atoms with Crippen LogP contribution in [0.3, 0.4) is 0 Å². The molecule has 2 aromatic rings. The number of anilines is 2. The fourth-order valence-corrected chi connectivity index (χ4v) is 1.55. The molecule has 0 radical (unpaired) electrons. The van der Waals surface area contributed by atoms with Gasteiger partial charge >= 0.3 is 0 Å². The summed E-state index contributed by atoms with van der Waals surface area (Å²) in [5, 5.41) is 3.81. The van der Waals surface area contributed by atoms with Gasteiger partial charge in [0.1, 0.15) is 11.6 Å². The summed E-state index contributed by atoms with van der Waals surface area (Å²) in [6.07, 6.45) is 1.60. The summed E-state index contributed by atoms with van der Waals surface area (Å²) in [6.45, 7) is 2.59. The van der Waals surface area contributed by atoms with Crippen LogP contribution in [0, 0.1) is 0 Å². The minimum absolute atomic E-state index is 0.619. The van der Waals surface area contributed by atoms with Crippen LogP contribution < -0.4 is 10.1 Å². The first-order chi connectivity index (χ1) is 8.29. The van der Waals surface area contributed by atoms with E-state index in [0.717, 1.165) is 17.3 Å². The van der Waals surface area contributed by atoms with E-state index in [0.29, 0.717) is 11.6 Å². The van der Waals surface area contributed by atoms with Gasteiger partial charge in [0, 0.05) is 6.20 Å². The molecule has 2 rings (SSSR count). The third kappa shape index (κ3) is 3.11. The van der Waals surface area contributed by atoms with Gasteiger partial charge in [-0.1, -0.05) is 23.7 Å². The molecule has 0 saturated heterocycles. The Morgan fingerprint density at radius 2 is 2.06 bits per heavy atom. The SMILES string of the molecule is CCOc1ccccc1Nc1ccc(Cl)cn1. The van der Waals surface area contributed by atoms with Crippen molar-refractivity contribution in [2.75, 3.05) is 11.9 Å². The third-order valence-corrected chi connectivity index (χ3v) is 2.40. The molecule has 17 heavy (non-hydrogen) atoms. The maximum atomic E-state index is 5.78. The Kier molecular flexibility index (Phi) is 3.83. The number of ether oxygens (including phenoxy) is 1. The van der Waals surface area contributed by atoms with Crippen molar-refractivity contribution in [1.29, 1.82) is 0 Å². The molecule has 88 valence electrons. The van der Waals surface area contributed by atoms with Gasteiger partial charge in [-0.2, -0.15) is 0 Å². The zero-order valence-corrected chi connectivity index (χ0v) is 10.2. The highest BCUT2D eigenvalue weighted by molar-refractivity contribution is 6.30. The average Bonchev–Trinajstić information content (AvgIpc) is 2.35. The topological polar surface area (TPSA) is 34.1 Å². The Bertz CT molecular complexity index is 485. The van der Waals surface area contributed by atoms with E-state index in [1.807, 2.05) is 37.3 Å². The van der Waals surface area contributed by atoms with Crippen molar-refractivity contribution in [3.63, 3.8) is 0 Å². The monoisotopic (exact) mass is 248 g/mol. The van der Waals surface area contributed by atoms with Crippen LogP contribution in [-0.2, 0) is 0 Å². The van der Waals surface area contributed by atoms with Crippen LogP contribution in [0.15, 0.2) is 42.6 Å². The summed E-state index contributed by atoms with van der Waals surface area (Å²) in [5.74, 6) is 1.55. The van der Waals surface area contributed by atoms with Crippen LogP contribution in [0.2, 0.25) is 5.02 Å². The molecule has 0 aliphatic carbocycles. The zero-order valence-electron chi connectivity index (χ0n) is 9.48. The first-order valence-corrected chi connectivity index (χ1v) is 5.78. The average molecular weight is 249 g/mol. The predicted octanol–water partition coefficient (Wildman–Crippen LogP) is 3.88. The lowest BCUT2D eigenvalue weighted by atomic mass is 10.3. The number of hydrogen-bond donors (Lipinski definition) is 1. The predicted molar refractivity (Wildman–Crippen MR) is 70.1 cm³/mol. The van der Waals surface area contributed by atoms with Crippen molar-refractivity contribution in [3.8, 4) is 5.75 Å². The Morgan fingerprint density at radius 1 is 1.24 bits per heavy atom. The standard InChI is InChI=1S/C13H13ClN2O/c1-2-17-12-6-4-3-5-11(12)16-13-8-7-10(14)9-15-13/h3-9H,2H2,1H3,(H,15,16). The normalized spacial score (nSPS) is 10.0. The molecule has 0 atom stereocenters. The van der Waals surface area contributed by atoms with Gasteiger partial charge in [0.25, 0.3) is 0 Å². The number of rotatable bonds is 4. The van der Waals surface area contributed by atoms with Gasteiger partial charge < -0.3 is 10.1 Å². The highest BCUT2D eigenvalue weighted by Gasteiger charge is 2.02. The summed E-state index contributed by atoms with van der Waals surface area (Å²) < 4.78 is 5.52. The molecular formula is C13H13ClN2O. The van der Waals surface area contributed by atoms with Gasteiger partial charge in [-0.25, -0.2) is 4.98 Å². The number of hydrogen-bond acceptors (Lipinski definition) is 3. The van der Waals surface area contributed by atoms with Gasteiger partial charge in [-0.3, -0.25) is 0 Å². The molecule has 0 spiro atoms. The smallest absolute Gasteiger partial charge is 0.142 e. The van der Waals surface area contributed by atoms with Crippen LogP contribution >= 0.6 is 11.6 Å². The maximum Gasteiger partial charge on any atom is 0.142 e. The van der Waals surface area contributed by atoms with E-state index < -0.39 is 0 Å². The number of pyridine rings is 1. The van der Waals surface area contributed by atoms with Crippen molar-refractivity contribution >= 4 is 23.1 Å². The fraction of sp³-hybridized carbons (Fsp3) is 0.154. The Labute approximate surface area is 105 Å². The first kappa shape index (κ1) is 11.7. The Hall–Kier alpha value is -1.74. The molecule has 0 amide bonds. The summed E-state index contributed by atoms with van der Waals surface area (Å²) in [5.41, 5.74) is 0.893. The zero-order chi connectivity index (χ0) is 12.1. The van der Waals surface area contributed by atoms with E-state index in [4.69, 9.17) is 16.3 Å². The summed E-state index contributed by atoms with van der Waals surface area (Å²) >= 11 is 5.78. The molecule has 1 N–H and O–H groups in total. The lowest BCUT2D eigenvalue weighted by molar-refractivity contribution is 0.342. The molecule has 1 heterocycles. The molecule has 4 heteroatoms. The van der Waals surface area contributed by atoms with Crippen LogP contribution in [-0.4, -0.2) is 11.6 Å². The molecule has 0 unspecified atom stereocenters. The van der Waals surface area contributed by atoms with Crippen molar-refractivity contribution < 1.29 is 4.74 Å². The molecule has 1 aromatic heterocycles. The van der Waals surface area contributed by atoms with Crippen LogP contribution in [0.25, 0.3) is 0 Å². The summed E-state index contributed by atoms with van der Waals surface area (Å²) in [4.78, 5) is 4.18.